The predicted molar refractivity (Wildman–Crippen MR) is 110 cm³/mol. The van der Waals surface area contributed by atoms with E-state index in [9.17, 15) is 13.6 Å². The van der Waals surface area contributed by atoms with Crippen LogP contribution in [0.3, 0.4) is 0 Å². The zero-order valence-electron chi connectivity index (χ0n) is 16.0. The number of alkyl halides is 1. The first-order valence-electron chi connectivity index (χ1n) is 9.17. The van der Waals surface area contributed by atoms with Crippen LogP contribution >= 0.6 is 0 Å². The van der Waals surface area contributed by atoms with Gasteiger partial charge in [-0.25, -0.2) is 13.8 Å². The molecule has 1 aromatic heterocycles. The Morgan fingerprint density at radius 1 is 1.07 bits per heavy atom. The highest BCUT2D eigenvalue weighted by Crippen LogP contribution is 2.30. The number of aromatic amines is 1. The average Bonchev–Trinajstić information content (AvgIpc) is 3.12. The Labute approximate surface area is 166 Å². The van der Waals surface area contributed by atoms with Crippen molar-refractivity contribution in [2.75, 3.05) is 5.32 Å². The second-order valence-electron chi connectivity index (χ2n) is 7.12. The molecular formula is C23H19F2N3O. The van der Waals surface area contributed by atoms with Gasteiger partial charge in [-0.3, -0.25) is 4.79 Å². The van der Waals surface area contributed by atoms with Gasteiger partial charge in [0, 0.05) is 16.8 Å². The molecule has 0 aliphatic heterocycles. The van der Waals surface area contributed by atoms with Gasteiger partial charge in [-0.15, -0.1) is 0 Å². The van der Waals surface area contributed by atoms with Gasteiger partial charge in [0.1, 0.15) is 11.6 Å². The molecule has 0 aliphatic carbocycles. The van der Waals surface area contributed by atoms with Crippen LogP contribution in [0.25, 0.3) is 22.4 Å². The molecule has 2 N–H and O–H groups in total. The van der Waals surface area contributed by atoms with Crippen molar-refractivity contribution < 1.29 is 13.6 Å². The Bertz CT molecular complexity index is 1200. The van der Waals surface area contributed by atoms with Crippen molar-refractivity contribution in [1.29, 1.82) is 0 Å². The maximum Gasteiger partial charge on any atom is 0.266 e. The van der Waals surface area contributed by atoms with Crippen LogP contribution in [-0.2, 0) is 10.5 Å². The summed E-state index contributed by atoms with van der Waals surface area (Å²) in [4.78, 5) is 20.2. The zero-order chi connectivity index (χ0) is 20.6. The molecule has 3 aromatic carbocycles. The van der Waals surface area contributed by atoms with Crippen molar-refractivity contribution in [2.45, 2.75) is 19.5 Å². The molecule has 4 aromatic rings. The SMILES string of the molecule is Cc1ccc2nc(-c3ccc(NC(=O)C(C)(F)c4ccccc4F)cc3)[nH]c2c1. The maximum absolute atomic E-state index is 15.0. The number of imidazole rings is 1. The molecule has 146 valence electrons. The first kappa shape index (κ1) is 18.8. The van der Waals surface area contributed by atoms with Gasteiger partial charge in [-0.2, -0.15) is 0 Å². The second-order valence-corrected chi connectivity index (χ2v) is 7.12. The molecule has 0 radical (unpaired) electrons. The van der Waals surface area contributed by atoms with E-state index in [0.717, 1.165) is 35.2 Å². The van der Waals surface area contributed by atoms with E-state index in [1.807, 2.05) is 25.1 Å². The van der Waals surface area contributed by atoms with E-state index in [2.05, 4.69) is 15.3 Å². The molecule has 0 bridgehead atoms. The third-order valence-corrected chi connectivity index (χ3v) is 4.86. The number of nitrogens with zero attached hydrogens (tertiary/aromatic N) is 1. The summed E-state index contributed by atoms with van der Waals surface area (Å²) in [6, 6.07) is 18.2. The van der Waals surface area contributed by atoms with Gasteiger partial charge in [0.15, 0.2) is 0 Å². The minimum atomic E-state index is -2.50. The van der Waals surface area contributed by atoms with Crippen LogP contribution in [0.2, 0.25) is 0 Å². The topological polar surface area (TPSA) is 57.8 Å². The third-order valence-electron chi connectivity index (χ3n) is 4.86. The number of amides is 1. The molecule has 1 amide bonds. The lowest BCUT2D eigenvalue weighted by Crippen LogP contribution is -2.34. The van der Waals surface area contributed by atoms with E-state index in [0.29, 0.717) is 11.5 Å². The maximum atomic E-state index is 15.0. The largest absolute Gasteiger partial charge is 0.338 e. The van der Waals surface area contributed by atoms with Gasteiger partial charge in [0.25, 0.3) is 5.91 Å². The van der Waals surface area contributed by atoms with Crippen LogP contribution in [0.15, 0.2) is 66.7 Å². The highest BCUT2D eigenvalue weighted by molar-refractivity contribution is 5.97. The van der Waals surface area contributed by atoms with Crippen LogP contribution in [0, 0.1) is 12.7 Å². The number of aromatic nitrogens is 2. The molecule has 6 heteroatoms. The highest BCUT2D eigenvalue weighted by Gasteiger charge is 2.37. The number of carbonyl (C=O) groups is 1. The molecule has 0 fully saturated rings. The number of hydrogen-bond acceptors (Lipinski definition) is 2. The zero-order valence-corrected chi connectivity index (χ0v) is 16.0. The summed E-state index contributed by atoms with van der Waals surface area (Å²) in [5.74, 6) is -0.997. The minimum absolute atomic E-state index is 0.299. The van der Waals surface area contributed by atoms with Gasteiger partial charge in [0.2, 0.25) is 5.67 Å². The summed E-state index contributed by atoms with van der Waals surface area (Å²) in [5, 5.41) is 2.51. The third kappa shape index (κ3) is 3.61. The van der Waals surface area contributed by atoms with Crippen molar-refractivity contribution in [2.24, 2.45) is 0 Å². The van der Waals surface area contributed by atoms with E-state index in [-0.39, 0.29) is 5.56 Å². The van der Waals surface area contributed by atoms with Crippen LogP contribution in [0.4, 0.5) is 14.5 Å². The second kappa shape index (κ2) is 7.13. The number of fused-ring (bicyclic) bond motifs is 1. The quantitative estimate of drug-likeness (QED) is 0.483. The number of rotatable bonds is 4. The Balaban J connectivity index is 1.54. The fraction of sp³-hybridized carbons (Fsp3) is 0.130. The number of anilines is 1. The number of halogens is 2. The van der Waals surface area contributed by atoms with E-state index < -0.39 is 17.4 Å². The minimum Gasteiger partial charge on any atom is -0.338 e. The summed E-state index contributed by atoms with van der Waals surface area (Å²) in [6.45, 7) is 3.06. The molecule has 1 atom stereocenters. The molecule has 29 heavy (non-hydrogen) atoms. The summed E-state index contributed by atoms with van der Waals surface area (Å²) in [6.07, 6.45) is 0. The Morgan fingerprint density at radius 3 is 2.52 bits per heavy atom. The Hall–Kier alpha value is -3.54. The van der Waals surface area contributed by atoms with Gasteiger partial charge in [0.05, 0.1) is 11.0 Å². The molecule has 0 spiro atoms. The van der Waals surface area contributed by atoms with Crippen LogP contribution in [0.1, 0.15) is 18.1 Å². The molecule has 4 nitrogen and oxygen atoms in total. The van der Waals surface area contributed by atoms with Gasteiger partial charge in [-0.05, 0) is 61.9 Å². The fourth-order valence-corrected chi connectivity index (χ4v) is 3.18. The molecule has 0 saturated carbocycles. The molecule has 1 heterocycles. The number of H-pyrrole nitrogens is 1. The lowest BCUT2D eigenvalue weighted by Gasteiger charge is -2.20. The molecule has 1 unspecified atom stereocenters. The first-order chi connectivity index (χ1) is 13.8. The van der Waals surface area contributed by atoms with E-state index >= 15 is 0 Å². The molecule has 0 aliphatic rings. The number of aryl methyl sites for hydroxylation is 1. The Morgan fingerprint density at radius 2 is 1.79 bits per heavy atom. The van der Waals surface area contributed by atoms with E-state index in [4.69, 9.17) is 0 Å². The van der Waals surface area contributed by atoms with Gasteiger partial charge >= 0.3 is 0 Å². The summed E-state index contributed by atoms with van der Waals surface area (Å²) in [5.41, 5.74) is 1.37. The molecular weight excluding hydrogens is 372 g/mol. The van der Waals surface area contributed by atoms with Crippen molar-refractivity contribution >= 4 is 22.6 Å². The summed E-state index contributed by atoms with van der Waals surface area (Å²) >= 11 is 0. The standard InChI is InChI=1S/C23H19F2N3O/c1-14-7-12-19-20(13-14)28-21(27-19)15-8-10-16(11-9-15)26-22(29)23(2,25)17-5-3-4-6-18(17)24/h3-13H,1-2H3,(H,26,29)(H,27,28). The number of nitrogens with one attached hydrogen (secondary N) is 2. The monoisotopic (exact) mass is 391 g/mol. The van der Waals surface area contributed by atoms with Crippen LogP contribution < -0.4 is 5.32 Å². The lowest BCUT2D eigenvalue weighted by molar-refractivity contribution is -0.127. The smallest absolute Gasteiger partial charge is 0.266 e. The summed E-state index contributed by atoms with van der Waals surface area (Å²) < 4.78 is 28.9. The average molecular weight is 391 g/mol. The van der Waals surface area contributed by atoms with Crippen molar-refractivity contribution in [3.63, 3.8) is 0 Å². The van der Waals surface area contributed by atoms with Gasteiger partial charge < -0.3 is 10.3 Å². The normalized spacial score (nSPS) is 13.2. The molecule has 4 rings (SSSR count). The lowest BCUT2D eigenvalue weighted by atomic mass is 9.96. The highest BCUT2D eigenvalue weighted by atomic mass is 19.1. The number of hydrogen-bond donors (Lipinski definition) is 2. The fourth-order valence-electron chi connectivity index (χ4n) is 3.18. The van der Waals surface area contributed by atoms with Crippen molar-refractivity contribution in [3.05, 3.63) is 83.7 Å². The van der Waals surface area contributed by atoms with Crippen molar-refractivity contribution in [3.8, 4) is 11.4 Å². The van der Waals surface area contributed by atoms with Crippen LogP contribution in [-0.4, -0.2) is 15.9 Å². The van der Waals surface area contributed by atoms with E-state index in [1.54, 1.807) is 24.3 Å². The number of benzene rings is 3. The first-order valence-corrected chi connectivity index (χ1v) is 9.17. The molecule has 0 saturated heterocycles. The van der Waals surface area contributed by atoms with Crippen molar-refractivity contribution in [1.82, 2.24) is 9.97 Å². The van der Waals surface area contributed by atoms with Gasteiger partial charge in [-0.1, -0.05) is 24.3 Å². The van der Waals surface area contributed by atoms with Crippen LogP contribution in [0.5, 0.6) is 0 Å². The summed E-state index contributed by atoms with van der Waals surface area (Å²) in [7, 11) is 0. The van der Waals surface area contributed by atoms with E-state index in [1.165, 1.54) is 18.2 Å². The predicted octanol–water partition coefficient (Wildman–Crippen LogP) is 5.50. The Kier molecular flexibility index (Phi) is 4.62. The number of carbonyl (C=O) groups excluding carboxylic acids is 1.